The van der Waals surface area contributed by atoms with E-state index in [2.05, 4.69) is 15.3 Å². The molecule has 1 aromatic heterocycles. The first kappa shape index (κ1) is 16.7. The van der Waals surface area contributed by atoms with Gasteiger partial charge in [0.15, 0.2) is 0 Å². The van der Waals surface area contributed by atoms with Crippen LogP contribution in [0.3, 0.4) is 0 Å². The molecule has 0 spiro atoms. The molecule has 20 heavy (non-hydrogen) atoms. The molecule has 0 radical (unpaired) electrons. The number of unbranched alkanes of at least 4 members (excludes halogenated alkanes) is 3. The molecule has 1 heterocycles. The van der Waals surface area contributed by atoms with Gasteiger partial charge in [0.25, 0.3) is 0 Å². The lowest BCUT2D eigenvalue weighted by atomic mass is 10.2. The lowest BCUT2D eigenvalue weighted by Crippen LogP contribution is -2.05. The largest absolute Gasteiger partial charge is 0.466 e. The molecule has 1 aromatic rings. The molecule has 0 fully saturated rings. The third kappa shape index (κ3) is 7.28. The van der Waals surface area contributed by atoms with E-state index >= 15 is 0 Å². The molecule has 0 saturated heterocycles. The minimum Gasteiger partial charge on any atom is -0.466 e. The van der Waals surface area contributed by atoms with Crippen molar-refractivity contribution in [1.29, 1.82) is 0 Å². The zero-order valence-corrected chi connectivity index (χ0v) is 12.9. The summed E-state index contributed by atoms with van der Waals surface area (Å²) >= 11 is 5.85. The van der Waals surface area contributed by atoms with Gasteiger partial charge in [-0.05, 0) is 37.3 Å². The van der Waals surface area contributed by atoms with Crippen LogP contribution in [0.25, 0.3) is 0 Å². The van der Waals surface area contributed by atoms with Gasteiger partial charge in [-0.25, -0.2) is 9.97 Å². The van der Waals surface area contributed by atoms with Gasteiger partial charge in [0, 0.05) is 25.2 Å². The van der Waals surface area contributed by atoms with Crippen molar-refractivity contribution < 1.29 is 9.53 Å². The number of carbonyl (C=O) groups is 1. The molecule has 0 aromatic carbocycles. The summed E-state index contributed by atoms with van der Waals surface area (Å²) < 4.78 is 4.87. The number of hydrogen-bond donors (Lipinski definition) is 1. The molecule has 1 N–H and O–H groups in total. The SMILES string of the molecule is CCc1cc(NCCCCCCOC(C)=O)nc(Cl)n1. The van der Waals surface area contributed by atoms with Gasteiger partial charge in [-0.1, -0.05) is 13.3 Å². The van der Waals surface area contributed by atoms with E-state index in [0.717, 1.165) is 50.2 Å². The lowest BCUT2D eigenvalue weighted by molar-refractivity contribution is -0.141. The smallest absolute Gasteiger partial charge is 0.302 e. The number of aryl methyl sites for hydroxylation is 1. The Bertz CT molecular complexity index is 427. The summed E-state index contributed by atoms with van der Waals surface area (Å²) in [5, 5.41) is 3.53. The second-order valence-electron chi connectivity index (χ2n) is 4.55. The number of hydrogen-bond acceptors (Lipinski definition) is 5. The molecule has 0 saturated carbocycles. The Morgan fingerprint density at radius 2 is 2.05 bits per heavy atom. The predicted molar refractivity (Wildman–Crippen MR) is 80.0 cm³/mol. The molecule has 0 aliphatic heterocycles. The van der Waals surface area contributed by atoms with Crippen LogP contribution in [0.5, 0.6) is 0 Å². The highest BCUT2D eigenvalue weighted by Gasteiger charge is 2.01. The fourth-order valence-corrected chi connectivity index (χ4v) is 1.95. The van der Waals surface area contributed by atoms with Crippen LogP contribution >= 0.6 is 11.6 Å². The fourth-order valence-electron chi connectivity index (χ4n) is 1.75. The summed E-state index contributed by atoms with van der Waals surface area (Å²) in [5.74, 6) is 0.570. The number of nitrogens with one attached hydrogen (secondary N) is 1. The van der Waals surface area contributed by atoms with Gasteiger partial charge in [-0.3, -0.25) is 4.79 Å². The average molecular weight is 300 g/mol. The Morgan fingerprint density at radius 1 is 1.30 bits per heavy atom. The van der Waals surface area contributed by atoms with E-state index in [1.165, 1.54) is 6.92 Å². The van der Waals surface area contributed by atoms with Crippen molar-refractivity contribution in [2.24, 2.45) is 0 Å². The quantitative estimate of drug-likeness (QED) is 0.431. The van der Waals surface area contributed by atoms with Gasteiger partial charge < -0.3 is 10.1 Å². The average Bonchev–Trinajstić information content (AvgIpc) is 2.40. The molecule has 0 unspecified atom stereocenters. The minimum atomic E-state index is -0.209. The van der Waals surface area contributed by atoms with E-state index < -0.39 is 0 Å². The first-order valence-corrected chi connectivity index (χ1v) is 7.40. The van der Waals surface area contributed by atoms with E-state index in [0.29, 0.717) is 6.61 Å². The van der Waals surface area contributed by atoms with Crippen molar-refractivity contribution in [2.45, 2.75) is 46.0 Å². The molecule has 0 atom stereocenters. The molecule has 112 valence electrons. The standard InChI is InChI=1S/C14H22ClN3O2/c1-3-12-10-13(18-14(15)17-12)16-8-6-4-5-7-9-20-11(2)19/h10H,3-9H2,1-2H3,(H,16,17,18). The molecule has 5 nitrogen and oxygen atoms in total. The number of esters is 1. The molecule has 0 bridgehead atoms. The summed E-state index contributed by atoms with van der Waals surface area (Å²) in [7, 11) is 0. The highest BCUT2D eigenvalue weighted by atomic mass is 35.5. The highest BCUT2D eigenvalue weighted by molar-refractivity contribution is 6.28. The van der Waals surface area contributed by atoms with Gasteiger partial charge in [0.05, 0.1) is 6.61 Å². The van der Waals surface area contributed by atoms with Crippen LogP contribution in [0.2, 0.25) is 5.28 Å². The van der Waals surface area contributed by atoms with Crippen molar-refractivity contribution in [2.75, 3.05) is 18.5 Å². The van der Waals surface area contributed by atoms with Gasteiger partial charge in [-0.2, -0.15) is 0 Å². The fraction of sp³-hybridized carbons (Fsp3) is 0.643. The summed E-state index contributed by atoms with van der Waals surface area (Å²) in [4.78, 5) is 18.8. The van der Waals surface area contributed by atoms with Crippen LogP contribution in [0.1, 0.15) is 45.2 Å². The summed E-state index contributed by atoms with van der Waals surface area (Å²) in [5.41, 5.74) is 0.939. The zero-order valence-electron chi connectivity index (χ0n) is 12.1. The Morgan fingerprint density at radius 3 is 2.75 bits per heavy atom. The van der Waals surface area contributed by atoms with Gasteiger partial charge in [-0.15, -0.1) is 0 Å². The number of rotatable bonds is 9. The molecular formula is C14H22ClN3O2. The van der Waals surface area contributed by atoms with E-state index in [-0.39, 0.29) is 11.3 Å². The predicted octanol–water partition coefficient (Wildman–Crippen LogP) is 3.23. The zero-order chi connectivity index (χ0) is 14.8. The monoisotopic (exact) mass is 299 g/mol. The van der Waals surface area contributed by atoms with E-state index in [1.807, 2.05) is 13.0 Å². The van der Waals surface area contributed by atoms with Crippen LogP contribution in [0.4, 0.5) is 5.82 Å². The maximum Gasteiger partial charge on any atom is 0.302 e. The molecule has 0 aliphatic carbocycles. The lowest BCUT2D eigenvalue weighted by Gasteiger charge is -2.07. The molecule has 1 rings (SSSR count). The third-order valence-corrected chi connectivity index (χ3v) is 2.97. The number of anilines is 1. The molecule has 0 amide bonds. The number of carbonyl (C=O) groups excluding carboxylic acids is 1. The Balaban J connectivity index is 2.12. The normalized spacial score (nSPS) is 10.3. The van der Waals surface area contributed by atoms with Crippen molar-refractivity contribution in [1.82, 2.24) is 9.97 Å². The first-order chi connectivity index (χ1) is 9.61. The Kier molecular flexibility index (Phi) is 7.95. The van der Waals surface area contributed by atoms with Crippen LogP contribution in [0.15, 0.2) is 6.07 Å². The third-order valence-electron chi connectivity index (χ3n) is 2.80. The number of aromatic nitrogens is 2. The van der Waals surface area contributed by atoms with Gasteiger partial charge >= 0.3 is 5.97 Å². The van der Waals surface area contributed by atoms with Gasteiger partial charge in [0.1, 0.15) is 5.82 Å². The number of halogens is 1. The molecule has 6 heteroatoms. The van der Waals surface area contributed by atoms with Crippen LogP contribution in [0, 0.1) is 0 Å². The maximum absolute atomic E-state index is 10.6. The molecule has 0 aliphatic rings. The second-order valence-corrected chi connectivity index (χ2v) is 4.89. The Hall–Kier alpha value is -1.36. The summed E-state index contributed by atoms with van der Waals surface area (Å²) in [6.45, 7) is 4.83. The van der Waals surface area contributed by atoms with E-state index in [4.69, 9.17) is 16.3 Å². The summed E-state index contributed by atoms with van der Waals surface area (Å²) in [6, 6.07) is 1.92. The highest BCUT2D eigenvalue weighted by Crippen LogP contribution is 2.11. The van der Waals surface area contributed by atoms with Crippen molar-refractivity contribution in [3.05, 3.63) is 17.0 Å². The van der Waals surface area contributed by atoms with Gasteiger partial charge in [0.2, 0.25) is 5.28 Å². The van der Waals surface area contributed by atoms with Crippen LogP contribution < -0.4 is 5.32 Å². The maximum atomic E-state index is 10.6. The topological polar surface area (TPSA) is 64.1 Å². The Labute approximate surface area is 125 Å². The van der Waals surface area contributed by atoms with E-state index in [1.54, 1.807) is 0 Å². The van der Waals surface area contributed by atoms with E-state index in [9.17, 15) is 4.79 Å². The molecular weight excluding hydrogens is 278 g/mol. The summed E-state index contributed by atoms with van der Waals surface area (Å²) in [6.07, 6.45) is 4.95. The van der Waals surface area contributed by atoms with Crippen molar-refractivity contribution in [3.63, 3.8) is 0 Å². The van der Waals surface area contributed by atoms with Crippen LogP contribution in [-0.2, 0) is 16.0 Å². The number of ether oxygens (including phenoxy) is 1. The minimum absolute atomic E-state index is 0.209. The number of nitrogens with zero attached hydrogens (tertiary/aromatic N) is 2. The first-order valence-electron chi connectivity index (χ1n) is 7.02. The van der Waals surface area contributed by atoms with Crippen molar-refractivity contribution in [3.8, 4) is 0 Å². The van der Waals surface area contributed by atoms with Crippen molar-refractivity contribution >= 4 is 23.4 Å². The second kappa shape index (κ2) is 9.53. The van der Waals surface area contributed by atoms with Crippen LogP contribution in [-0.4, -0.2) is 29.1 Å².